The predicted molar refractivity (Wildman–Crippen MR) is 79.9 cm³/mol. The lowest BCUT2D eigenvalue weighted by Crippen LogP contribution is -2.40. The highest BCUT2D eigenvalue weighted by atomic mass is 16.6. The highest BCUT2D eigenvalue weighted by Gasteiger charge is 2.18. The van der Waals surface area contributed by atoms with Crippen LogP contribution in [-0.2, 0) is 9.47 Å². The third-order valence-electron chi connectivity index (χ3n) is 2.40. The lowest BCUT2D eigenvalue weighted by molar-refractivity contribution is 0.0493. The number of carbonyl (C=O) groups is 2. The fourth-order valence-corrected chi connectivity index (χ4v) is 1.50. The summed E-state index contributed by atoms with van der Waals surface area (Å²) in [5.74, 6) is -0.0707. The van der Waals surface area contributed by atoms with Crippen LogP contribution in [0.1, 0.15) is 38.1 Å². The van der Waals surface area contributed by atoms with Crippen LogP contribution in [0.2, 0.25) is 0 Å². The molecule has 7 nitrogen and oxygen atoms in total. The molecular formula is C15H22N2O5. The number of carbonyl (C=O) groups excluding carboxylic acids is 2. The second-order valence-corrected chi connectivity index (χ2v) is 5.76. The molecule has 1 heterocycles. The number of rotatable bonds is 5. The topological polar surface area (TPSA) is 86.8 Å². The van der Waals surface area contributed by atoms with E-state index >= 15 is 0 Å². The van der Waals surface area contributed by atoms with Crippen molar-refractivity contribution in [2.24, 2.45) is 0 Å². The molecule has 1 atom stereocenters. The molecule has 0 fully saturated rings. The molecule has 0 spiro atoms. The average Bonchev–Trinajstić information content (AvgIpc) is 2.42. The van der Waals surface area contributed by atoms with Gasteiger partial charge in [0.1, 0.15) is 18.0 Å². The molecule has 0 aliphatic rings. The van der Waals surface area contributed by atoms with Gasteiger partial charge in [0, 0.05) is 6.20 Å². The SMILES string of the molecule is COC(=O)c1cncc(OCC(C)NC(=O)OC(C)(C)C)c1. The van der Waals surface area contributed by atoms with Crippen molar-refractivity contribution < 1.29 is 23.8 Å². The van der Waals surface area contributed by atoms with Crippen molar-refractivity contribution in [1.29, 1.82) is 0 Å². The van der Waals surface area contributed by atoms with E-state index in [4.69, 9.17) is 9.47 Å². The first-order valence-electron chi connectivity index (χ1n) is 6.87. The Labute approximate surface area is 130 Å². The zero-order chi connectivity index (χ0) is 16.8. The highest BCUT2D eigenvalue weighted by Crippen LogP contribution is 2.12. The first-order valence-corrected chi connectivity index (χ1v) is 6.87. The Morgan fingerprint density at radius 2 is 2.00 bits per heavy atom. The van der Waals surface area contributed by atoms with Gasteiger partial charge in [0.25, 0.3) is 0 Å². The zero-order valence-electron chi connectivity index (χ0n) is 13.5. The van der Waals surface area contributed by atoms with Gasteiger partial charge >= 0.3 is 12.1 Å². The summed E-state index contributed by atoms with van der Waals surface area (Å²) in [6, 6.07) is 1.26. The summed E-state index contributed by atoms with van der Waals surface area (Å²) in [7, 11) is 1.29. The van der Waals surface area contributed by atoms with Crippen molar-refractivity contribution in [2.45, 2.75) is 39.3 Å². The van der Waals surface area contributed by atoms with Crippen LogP contribution < -0.4 is 10.1 Å². The fourth-order valence-electron chi connectivity index (χ4n) is 1.50. The van der Waals surface area contributed by atoms with Crippen LogP contribution in [0.25, 0.3) is 0 Å². The molecule has 1 rings (SSSR count). The molecule has 1 aromatic rings. The van der Waals surface area contributed by atoms with Gasteiger partial charge in [-0.25, -0.2) is 9.59 Å². The molecule has 1 aromatic heterocycles. The van der Waals surface area contributed by atoms with Gasteiger partial charge in [-0.2, -0.15) is 0 Å². The molecule has 0 radical (unpaired) electrons. The summed E-state index contributed by atoms with van der Waals surface area (Å²) < 4.78 is 15.2. The number of aromatic nitrogens is 1. The number of ether oxygens (including phenoxy) is 3. The molecule has 0 aromatic carbocycles. The van der Waals surface area contributed by atoms with Gasteiger partial charge in [0.05, 0.1) is 24.9 Å². The Morgan fingerprint density at radius 3 is 2.59 bits per heavy atom. The number of hydrogen-bond acceptors (Lipinski definition) is 6. The summed E-state index contributed by atoms with van der Waals surface area (Å²) in [5, 5.41) is 2.66. The molecule has 0 saturated heterocycles. The number of hydrogen-bond donors (Lipinski definition) is 1. The van der Waals surface area contributed by atoms with Crippen molar-refractivity contribution >= 4 is 12.1 Å². The molecule has 1 unspecified atom stereocenters. The van der Waals surface area contributed by atoms with Crippen LogP contribution in [-0.4, -0.2) is 42.4 Å². The minimum absolute atomic E-state index is 0.214. The van der Waals surface area contributed by atoms with Crippen LogP contribution in [0.3, 0.4) is 0 Å². The Hall–Kier alpha value is -2.31. The Morgan fingerprint density at radius 1 is 1.32 bits per heavy atom. The molecule has 0 aliphatic carbocycles. The van der Waals surface area contributed by atoms with E-state index in [-0.39, 0.29) is 12.6 Å². The number of esters is 1. The van der Waals surface area contributed by atoms with Gasteiger partial charge in [0.2, 0.25) is 0 Å². The normalized spacial score (nSPS) is 12.2. The maximum Gasteiger partial charge on any atom is 0.407 e. The maximum atomic E-state index is 11.6. The van der Waals surface area contributed by atoms with E-state index in [1.807, 2.05) is 0 Å². The number of methoxy groups -OCH3 is 1. The number of amides is 1. The third-order valence-corrected chi connectivity index (χ3v) is 2.40. The summed E-state index contributed by atoms with van der Waals surface area (Å²) in [6.45, 7) is 7.36. The summed E-state index contributed by atoms with van der Waals surface area (Å²) >= 11 is 0. The van der Waals surface area contributed by atoms with Crippen molar-refractivity contribution in [3.05, 3.63) is 24.0 Å². The molecule has 0 saturated carbocycles. The molecule has 0 aliphatic heterocycles. The minimum atomic E-state index is -0.552. The van der Waals surface area contributed by atoms with Gasteiger partial charge in [-0.15, -0.1) is 0 Å². The molecule has 1 N–H and O–H groups in total. The van der Waals surface area contributed by atoms with E-state index in [9.17, 15) is 9.59 Å². The molecule has 0 bridgehead atoms. The number of nitrogens with one attached hydrogen (secondary N) is 1. The van der Waals surface area contributed by atoms with Crippen molar-refractivity contribution in [3.63, 3.8) is 0 Å². The zero-order valence-corrected chi connectivity index (χ0v) is 13.5. The molecular weight excluding hydrogens is 288 g/mol. The van der Waals surface area contributed by atoms with Crippen LogP contribution >= 0.6 is 0 Å². The molecule has 122 valence electrons. The summed E-state index contributed by atoms with van der Waals surface area (Å²) in [4.78, 5) is 26.9. The number of nitrogens with zero attached hydrogens (tertiary/aromatic N) is 1. The highest BCUT2D eigenvalue weighted by molar-refractivity contribution is 5.89. The quantitative estimate of drug-likeness (QED) is 0.839. The van der Waals surface area contributed by atoms with Crippen molar-refractivity contribution in [1.82, 2.24) is 10.3 Å². The number of alkyl carbamates (subject to hydrolysis) is 1. The largest absolute Gasteiger partial charge is 0.490 e. The maximum absolute atomic E-state index is 11.6. The first-order chi connectivity index (χ1) is 10.2. The van der Waals surface area contributed by atoms with Gasteiger partial charge in [-0.05, 0) is 33.8 Å². The van der Waals surface area contributed by atoms with Gasteiger partial charge in [0.15, 0.2) is 0 Å². The standard InChI is InChI=1S/C15H22N2O5/c1-10(17-14(19)22-15(2,3)4)9-21-12-6-11(7-16-8-12)13(18)20-5/h6-8,10H,9H2,1-5H3,(H,17,19). The fraction of sp³-hybridized carbons (Fsp3) is 0.533. The van der Waals surface area contributed by atoms with E-state index < -0.39 is 17.7 Å². The number of pyridine rings is 1. The summed E-state index contributed by atoms with van der Waals surface area (Å²) in [6.07, 6.45) is 2.36. The molecule has 7 heteroatoms. The van der Waals surface area contributed by atoms with Crippen LogP contribution in [0, 0.1) is 0 Å². The van der Waals surface area contributed by atoms with E-state index in [2.05, 4.69) is 15.0 Å². The second-order valence-electron chi connectivity index (χ2n) is 5.76. The first kappa shape index (κ1) is 17.7. The minimum Gasteiger partial charge on any atom is -0.490 e. The molecule has 1 amide bonds. The Balaban J connectivity index is 2.49. The van der Waals surface area contributed by atoms with E-state index in [1.54, 1.807) is 27.7 Å². The van der Waals surface area contributed by atoms with Crippen molar-refractivity contribution in [2.75, 3.05) is 13.7 Å². The van der Waals surface area contributed by atoms with Gasteiger partial charge in [-0.1, -0.05) is 0 Å². The van der Waals surface area contributed by atoms with E-state index in [0.29, 0.717) is 11.3 Å². The lowest BCUT2D eigenvalue weighted by atomic mass is 10.2. The second kappa shape index (κ2) is 7.63. The smallest absolute Gasteiger partial charge is 0.407 e. The third kappa shape index (κ3) is 6.43. The monoisotopic (exact) mass is 310 g/mol. The predicted octanol–water partition coefficient (Wildman–Crippen LogP) is 2.16. The Kier molecular flexibility index (Phi) is 6.15. The van der Waals surface area contributed by atoms with Gasteiger partial charge in [-0.3, -0.25) is 4.98 Å². The van der Waals surface area contributed by atoms with Crippen LogP contribution in [0.4, 0.5) is 4.79 Å². The van der Waals surface area contributed by atoms with Crippen molar-refractivity contribution in [3.8, 4) is 5.75 Å². The van der Waals surface area contributed by atoms with Gasteiger partial charge < -0.3 is 19.5 Å². The van der Waals surface area contributed by atoms with E-state index in [0.717, 1.165) is 0 Å². The molecule has 22 heavy (non-hydrogen) atoms. The summed E-state index contributed by atoms with van der Waals surface area (Å²) in [5.41, 5.74) is -0.253. The van der Waals surface area contributed by atoms with Crippen LogP contribution in [0.5, 0.6) is 5.75 Å². The van der Waals surface area contributed by atoms with E-state index in [1.165, 1.54) is 25.6 Å². The van der Waals surface area contributed by atoms with Crippen LogP contribution in [0.15, 0.2) is 18.5 Å². The average molecular weight is 310 g/mol. The lowest BCUT2D eigenvalue weighted by Gasteiger charge is -2.22. The Bertz CT molecular complexity index is 525.